The lowest BCUT2D eigenvalue weighted by atomic mass is 9.91. The van der Waals surface area contributed by atoms with Crippen LogP contribution < -0.4 is 0 Å². The normalized spacial score (nSPS) is 25.4. The summed E-state index contributed by atoms with van der Waals surface area (Å²) < 4.78 is 6.49. The van der Waals surface area contributed by atoms with E-state index in [4.69, 9.17) is 4.74 Å². The minimum atomic E-state index is -0.507. The first-order valence-electron chi connectivity index (χ1n) is 5.21. The van der Waals surface area contributed by atoms with Gasteiger partial charge in [0.2, 0.25) is 0 Å². The number of carbonyl (C=O) groups is 1. The Morgan fingerprint density at radius 1 is 1.50 bits per heavy atom. The maximum atomic E-state index is 11.6. The van der Waals surface area contributed by atoms with E-state index >= 15 is 0 Å². The van der Waals surface area contributed by atoms with Gasteiger partial charge in [-0.1, -0.05) is 28.1 Å². The molecular weight excluding hydrogens is 270 g/mol. The van der Waals surface area contributed by atoms with Gasteiger partial charge in [-0.2, -0.15) is 0 Å². The van der Waals surface area contributed by atoms with Crippen LogP contribution in [-0.4, -0.2) is 24.6 Å². The molecule has 0 saturated carbocycles. The monoisotopic (exact) mass is 283 g/mol. The van der Waals surface area contributed by atoms with Crippen molar-refractivity contribution in [3.05, 3.63) is 34.3 Å². The highest BCUT2D eigenvalue weighted by Crippen LogP contribution is 2.34. The first kappa shape index (κ1) is 11.5. The standard InChI is InChI=1S/C12H14BrNO2/c1-12(6-7-14(2)11(15)16-12)9-4-3-5-10(13)8-9/h3-5,8H,6-7H2,1-2H3. The Bertz CT molecular complexity index is 421. The number of hydrogen-bond donors (Lipinski definition) is 0. The number of ether oxygens (including phenoxy) is 1. The van der Waals surface area contributed by atoms with Crippen LogP contribution in [-0.2, 0) is 10.3 Å². The Morgan fingerprint density at radius 2 is 2.25 bits per heavy atom. The molecule has 16 heavy (non-hydrogen) atoms. The second kappa shape index (κ2) is 4.09. The van der Waals surface area contributed by atoms with Crippen molar-refractivity contribution in [2.24, 2.45) is 0 Å². The molecule has 86 valence electrons. The molecular formula is C12H14BrNO2. The molecule has 1 aliphatic heterocycles. The minimum absolute atomic E-state index is 0.256. The zero-order valence-electron chi connectivity index (χ0n) is 9.37. The average Bonchev–Trinajstić information content (AvgIpc) is 2.24. The zero-order chi connectivity index (χ0) is 11.8. The van der Waals surface area contributed by atoms with E-state index < -0.39 is 5.60 Å². The van der Waals surface area contributed by atoms with Crippen LogP contribution in [0.4, 0.5) is 4.79 Å². The third-order valence-electron chi connectivity index (χ3n) is 2.98. The summed E-state index contributed by atoms with van der Waals surface area (Å²) in [7, 11) is 1.75. The number of amides is 1. The molecule has 0 radical (unpaired) electrons. The van der Waals surface area contributed by atoms with Crippen molar-refractivity contribution in [1.82, 2.24) is 4.90 Å². The summed E-state index contributed by atoms with van der Waals surface area (Å²) in [5, 5.41) is 0. The Labute approximate surface area is 104 Å². The first-order chi connectivity index (χ1) is 7.51. The molecule has 1 heterocycles. The van der Waals surface area contributed by atoms with Crippen LogP contribution in [0.1, 0.15) is 18.9 Å². The molecule has 3 nitrogen and oxygen atoms in total. The van der Waals surface area contributed by atoms with Gasteiger partial charge in [-0.05, 0) is 24.6 Å². The van der Waals surface area contributed by atoms with Crippen molar-refractivity contribution in [1.29, 1.82) is 0 Å². The lowest BCUT2D eigenvalue weighted by Gasteiger charge is -2.37. The summed E-state index contributed by atoms with van der Waals surface area (Å²) in [5.74, 6) is 0. The van der Waals surface area contributed by atoms with Crippen LogP contribution in [0.25, 0.3) is 0 Å². The summed E-state index contributed by atoms with van der Waals surface area (Å²) >= 11 is 3.43. The molecule has 0 aliphatic carbocycles. The molecule has 0 N–H and O–H groups in total. The first-order valence-corrected chi connectivity index (χ1v) is 6.01. The number of hydrogen-bond acceptors (Lipinski definition) is 2. The lowest BCUT2D eigenvalue weighted by molar-refractivity contribution is -0.0351. The van der Waals surface area contributed by atoms with E-state index in [1.807, 2.05) is 31.2 Å². The molecule has 1 unspecified atom stereocenters. The fourth-order valence-corrected chi connectivity index (χ4v) is 2.21. The van der Waals surface area contributed by atoms with Gasteiger partial charge in [0.1, 0.15) is 5.60 Å². The van der Waals surface area contributed by atoms with Gasteiger partial charge in [-0.3, -0.25) is 0 Å². The van der Waals surface area contributed by atoms with Gasteiger partial charge in [0, 0.05) is 24.5 Å². The van der Waals surface area contributed by atoms with Crippen molar-refractivity contribution in [3.8, 4) is 0 Å². The van der Waals surface area contributed by atoms with Crippen molar-refractivity contribution >= 4 is 22.0 Å². The zero-order valence-corrected chi connectivity index (χ0v) is 11.0. The van der Waals surface area contributed by atoms with Gasteiger partial charge >= 0.3 is 6.09 Å². The Hall–Kier alpha value is -1.03. The number of benzene rings is 1. The summed E-state index contributed by atoms with van der Waals surface area (Å²) in [4.78, 5) is 13.2. The number of rotatable bonds is 1. The van der Waals surface area contributed by atoms with Crippen LogP contribution >= 0.6 is 15.9 Å². The Balaban J connectivity index is 2.29. The average molecular weight is 284 g/mol. The summed E-state index contributed by atoms with van der Waals surface area (Å²) in [5.41, 5.74) is 0.524. The van der Waals surface area contributed by atoms with Crippen molar-refractivity contribution in [2.45, 2.75) is 18.9 Å². The fraction of sp³-hybridized carbons (Fsp3) is 0.417. The molecule has 1 aromatic carbocycles. The SMILES string of the molecule is CN1CCC(C)(c2cccc(Br)c2)OC1=O. The highest BCUT2D eigenvalue weighted by atomic mass is 79.9. The van der Waals surface area contributed by atoms with Gasteiger partial charge in [0.15, 0.2) is 0 Å². The number of halogens is 1. The maximum Gasteiger partial charge on any atom is 0.410 e. The highest BCUT2D eigenvalue weighted by molar-refractivity contribution is 9.10. The fourth-order valence-electron chi connectivity index (χ4n) is 1.81. The number of nitrogens with zero attached hydrogens (tertiary/aromatic N) is 1. The third kappa shape index (κ3) is 2.07. The van der Waals surface area contributed by atoms with E-state index in [0.29, 0.717) is 0 Å². The van der Waals surface area contributed by atoms with Crippen molar-refractivity contribution in [2.75, 3.05) is 13.6 Å². The van der Waals surface area contributed by atoms with E-state index in [9.17, 15) is 4.79 Å². The minimum Gasteiger partial charge on any atom is -0.438 e. The van der Waals surface area contributed by atoms with E-state index in [1.165, 1.54) is 0 Å². The van der Waals surface area contributed by atoms with Crippen molar-refractivity contribution < 1.29 is 9.53 Å². The van der Waals surface area contributed by atoms with Gasteiger partial charge < -0.3 is 9.64 Å². The number of cyclic esters (lactones) is 1. The molecule has 0 spiro atoms. The van der Waals surface area contributed by atoms with E-state index in [1.54, 1.807) is 11.9 Å². The van der Waals surface area contributed by atoms with E-state index in [-0.39, 0.29) is 6.09 Å². The largest absolute Gasteiger partial charge is 0.438 e. The second-order valence-corrected chi connectivity index (χ2v) is 5.20. The van der Waals surface area contributed by atoms with Crippen LogP contribution in [0.2, 0.25) is 0 Å². The lowest BCUT2D eigenvalue weighted by Crippen LogP contribution is -2.44. The maximum absolute atomic E-state index is 11.6. The molecule has 1 saturated heterocycles. The van der Waals surface area contributed by atoms with E-state index in [2.05, 4.69) is 15.9 Å². The highest BCUT2D eigenvalue weighted by Gasteiger charge is 2.36. The molecule has 1 amide bonds. The Kier molecular flexibility index (Phi) is 2.93. The smallest absolute Gasteiger partial charge is 0.410 e. The molecule has 0 aromatic heterocycles. The van der Waals surface area contributed by atoms with Crippen LogP contribution in [0.3, 0.4) is 0 Å². The van der Waals surface area contributed by atoms with Gasteiger partial charge in [0.25, 0.3) is 0 Å². The topological polar surface area (TPSA) is 29.5 Å². The summed E-state index contributed by atoms with van der Waals surface area (Å²) in [6.45, 7) is 2.68. The molecule has 1 atom stereocenters. The predicted octanol–water partition coefficient (Wildman–Crippen LogP) is 3.14. The molecule has 1 aliphatic rings. The Morgan fingerprint density at radius 3 is 2.88 bits per heavy atom. The van der Waals surface area contributed by atoms with Crippen LogP contribution in [0, 0.1) is 0 Å². The molecule has 4 heteroatoms. The quantitative estimate of drug-likeness (QED) is 0.793. The van der Waals surface area contributed by atoms with E-state index in [0.717, 1.165) is 23.0 Å². The molecule has 1 aromatic rings. The third-order valence-corrected chi connectivity index (χ3v) is 3.48. The van der Waals surface area contributed by atoms with Gasteiger partial charge in [0.05, 0.1) is 0 Å². The predicted molar refractivity (Wildman–Crippen MR) is 65.2 cm³/mol. The van der Waals surface area contributed by atoms with Crippen molar-refractivity contribution in [3.63, 3.8) is 0 Å². The summed E-state index contributed by atoms with van der Waals surface area (Å²) in [6, 6.07) is 7.91. The second-order valence-electron chi connectivity index (χ2n) is 4.28. The van der Waals surface area contributed by atoms with Crippen LogP contribution in [0.15, 0.2) is 28.7 Å². The number of carbonyl (C=O) groups excluding carboxylic acids is 1. The molecule has 2 rings (SSSR count). The van der Waals surface area contributed by atoms with Gasteiger partial charge in [-0.15, -0.1) is 0 Å². The summed E-state index contributed by atoms with van der Waals surface area (Å²) in [6.07, 6.45) is 0.555. The van der Waals surface area contributed by atoms with Crippen LogP contribution in [0.5, 0.6) is 0 Å². The molecule has 1 fully saturated rings. The van der Waals surface area contributed by atoms with Gasteiger partial charge in [-0.25, -0.2) is 4.79 Å². The molecule has 0 bridgehead atoms.